The Hall–Kier alpha value is -1.10. The number of aliphatic hydroxyl groups is 1. The summed E-state index contributed by atoms with van der Waals surface area (Å²) in [5, 5.41) is 12.6. The summed E-state index contributed by atoms with van der Waals surface area (Å²) in [5.41, 5.74) is 0.174. The van der Waals surface area contributed by atoms with Gasteiger partial charge in [-0.2, -0.15) is 0 Å². The number of carbonyl (C=O) groups excluding carboxylic acids is 1. The highest BCUT2D eigenvalue weighted by Gasteiger charge is 2.43. The molecule has 1 aliphatic heterocycles. The summed E-state index contributed by atoms with van der Waals surface area (Å²) in [6.07, 6.45) is 1.20. The van der Waals surface area contributed by atoms with Gasteiger partial charge >= 0.3 is 0 Å². The van der Waals surface area contributed by atoms with Crippen molar-refractivity contribution in [1.29, 1.82) is 0 Å². The maximum atomic E-state index is 12.7. The van der Waals surface area contributed by atoms with Crippen molar-refractivity contribution < 1.29 is 14.6 Å². The third-order valence-electron chi connectivity index (χ3n) is 3.82. The average Bonchev–Trinajstić information content (AvgIpc) is 2.48. The molecule has 1 unspecified atom stereocenters. The highest BCUT2D eigenvalue weighted by molar-refractivity contribution is 6.31. The minimum absolute atomic E-state index is 0.0825. The fraction of sp³-hybridized carbons (Fsp3) is 0.533. The van der Waals surface area contributed by atoms with Gasteiger partial charge < -0.3 is 15.2 Å². The Bertz CT molecular complexity index is 472. The molecular weight excluding hydrogens is 278 g/mol. The van der Waals surface area contributed by atoms with Crippen molar-refractivity contribution in [3.63, 3.8) is 0 Å². The van der Waals surface area contributed by atoms with E-state index in [1.807, 2.05) is 18.2 Å². The largest absolute Gasteiger partial charge is 0.394 e. The van der Waals surface area contributed by atoms with E-state index in [1.165, 1.54) is 0 Å². The number of rotatable bonds is 4. The first-order valence-corrected chi connectivity index (χ1v) is 7.22. The molecule has 2 N–H and O–H groups in total. The molecule has 20 heavy (non-hydrogen) atoms. The lowest BCUT2D eigenvalue weighted by molar-refractivity contribution is -0.131. The standard InChI is InChI=1S/C15H20ClNO3/c1-11(10-18)17-14(19)15(6-8-20-9-7-15)12-4-2-3-5-13(12)16/h2-5,11,18H,6-10H2,1H3,(H,17,19). The van der Waals surface area contributed by atoms with Crippen molar-refractivity contribution in [1.82, 2.24) is 5.32 Å². The molecule has 4 nitrogen and oxygen atoms in total. The van der Waals surface area contributed by atoms with Crippen LogP contribution in [0.2, 0.25) is 5.02 Å². The Balaban J connectivity index is 2.35. The van der Waals surface area contributed by atoms with Gasteiger partial charge in [-0.05, 0) is 31.4 Å². The van der Waals surface area contributed by atoms with Gasteiger partial charge in [0, 0.05) is 24.3 Å². The molecule has 2 rings (SSSR count). The van der Waals surface area contributed by atoms with E-state index in [-0.39, 0.29) is 18.6 Å². The highest BCUT2D eigenvalue weighted by Crippen LogP contribution is 2.38. The predicted molar refractivity (Wildman–Crippen MR) is 77.9 cm³/mol. The van der Waals surface area contributed by atoms with Crippen LogP contribution in [0.3, 0.4) is 0 Å². The first kappa shape index (κ1) is 15.3. The Morgan fingerprint density at radius 2 is 2.10 bits per heavy atom. The minimum atomic E-state index is -0.667. The SMILES string of the molecule is CC(CO)NC(=O)C1(c2ccccc2Cl)CCOCC1. The molecule has 0 aliphatic carbocycles. The maximum absolute atomic E-state index is 12.7. The van der Waals surface area contributed by atoms with Gasteiger partial charge in [0.2, 0.25) is 5.91 Å². The summed E-state index contributed by atoms with van der Waals surface area (Å²) in [4.78, 5) is 12.7. The van der Waals surface area contributed by atoms with Crippen LogP contribution >= 0.6 is 11.6 Å². The zero-order valence-electron chi connectivity index (χ0n) is 11.6. The van der Waals surface area contributed by atoms with Gasteiger partial charge in [0.05, 0.1) is 12.0 Å². The van der Waals surface area contributed by atoms with E-state index in [4.69, 9.17) is 21.4 Å². The second-order valence-corrected chi connectivity index (χ2v) is 5.64. The third kappa shape index (κ3) is 2.97. The van der Waals surface area contributed by atoms with E-state index in [0.717, 1.165) is 5.56 Å². The molecule has 1 aliphatic rings. The number of ether oxygens (including phenoxy) is 1. The number of halogens is 1. The second kappa shape index (κ2) is 6.57. The molecule has 110 valence electrons. The van der Waals surface area contributed by atoms with Gasteiger partial charge in [0.15, 0.2) is 0 Å². The van der Waals surface area contributed by atoms with Gasteiger partial charge in [-0.25, -0.2) is 0 Å². The molecule has 5 heteroatoms. The van der Waals surface area contributed by atoms with Crippen LogP contribution in [0.25, 0.3) is 0 Å². The highest BCUT2D eigenvalue weighted by atomic mass is 35.5. The van der Waals surface area contributed by atoms with Crippen LogP contribution in [0.15, 0.2) is 24.3 Å². The Kier molecular flexibility index (Phi) is 5.02. The molecule has 1 atom stereocenters. The summed E-state index contributed by atoms with van der Waals surface area (Å²) < 4.78 is 5.40. The van der Waals surface area contributed by atoms with E-state index >= 15 is 0 Å². The fourth-order valence-electron chi connectivity index (χ4n) is 2.60. The topological polar surface area (TPSA) is 58.6 Å². The van der Waals surface area contributed by atoms with Crippen molar-refractivity contribution in [2.75, 3.05) is 19.8 Å². The van der Waals surface area contributed by atoms with Crippen molar-refractivity contribution >= 4 is 17.5 Å². The second-order valence-electron chi connectivity index (χ2n) is 5.23. The lowest BCUT2D eigenvalue weighted by atomic mass is 9.73. The minimum Gasteiger partial charge on any atom is -0.394 e. The van der Waals surface area contributed by atoms with E-state index in [9.17, 15) is 4.79 Å². The molecule has 1 saturated heterocycles. The van der Waals surface area contributed by atoms with Crippen molar-refractivity contribution in [2.24, 2.45) is 0 Å². The van der Waals surface area contributed by atoms with Crippen LogP contribution in [0.4, 0.5) is 0 Å². The molecule has 0 bridgehead atoms. The Morgan fingerprint density at radius 1 is 1.45 bits per heavy atom. The normalized spacial score (nSPS) is 19.4. The lowest BCUT2D eigenvalue weighted by Crippen LogP contribution is -2.51. The number of hydrogen-bond acceptors (Lipinski definition) is 3. The first-order chi connectivity index (χ1) is 9.60. The number of aliphatic hydroxyl groups excluding tert-OH is 1. The molecule has 0 aromatic heterocycles. The Morgan fingerprint density at radius 3 is 2.70 bits per heavy atom. The molecule has 0 spiro atoms. The smallest absolute Gasteiger partial charge is 0.231 e. The van der Waals surface area contributed by atoms with Crippen LogP contribution in [-0.2, 0) is 14.9 Å². The van der Waals surface area contributed by atoms with Crippen LogP contribution in [0, 0.1) is 0 Å². The molecule has 1 aromatic carbocycles. The lowest BCUT2D eigenvalue weighted by Gasteiger charge is -2.37. The predicted octanol–water partition coefficient (Wildman–Crippen LogP) is 1.89. The van der Waals surface area contributed by atoms with Gasteiger partial charge in [-0.3, -0.25) is 4.79 Å². The van der Waals surface area contributed by atoms with Crippen LogP contribution in [0.1, 0.15) is 25.3 Å². The Labute approximate surface area is 124 Å². The monoisotopic (exact) mass is 297 g/mol. The van der Waals surface area contributed by atoms with Crippen LogP contribution in [0.5, 0.6) is 0 Å². The summed E-state index contributed by atoms with van der Waals surface area (Å²) in [6, 6.07) is 7.17. The first-order valence-electron chi connectivity index (χ1n) is 6.85. The molecule has 0 saturated carbocycles. The van der Waals surface area contributed by atoms with Gasteiger partial charge in [-0.1, -0.05) is 29.8 Å². The summed E-state index contributed by atoms with van der Waals surface area (Å²) >= 11 is 6.29. The summed E-state index contributed by atoms with van der Waals surface area (Å²) in [6.45, 7) is 2.76. The fourth-order valence-corrected chi connectivity index (χ4v) is 2.91. The van der Waals surface area contributed by atoms with Gasteiger partial charge in [0.25, 0.3) is 0 Å². The molecule has 1 heterocycles. The van der Waals surface area contributed by atoms with Crippen molar-refractivity contribution in [2.45, 2.75) is 31.2 Å². The number of amides is 1. The van der Waals surface area contributed by atoms with E-state index < -0.39 is 5.41 Å². The third-order valence-corrected chi connectivity index (χ3v) is 4.15. The van der Waals surface area contributed by atoms with Gasteiger partial charge in [-0.15, -0.1) is 0 Å². The van der Waals surface area contributed by atoms with Gasteiger partial charge in [0.1, 0.15) is 0 Å². The van der Waals surface area contributed by atoms with E-state index in [2.05, 4.69) is 5.32 Å². The summed E-state index contributed by atoms with van der Waals surface area (Å²) in [5.74, 6) is -0.0875. The molecule has 1 fully saturated rings. The van der Waals surface area contributed by atoms with E-state index in [0.29, 0.717) is 31.1 Å². The average molecular weight is 298 g/mol. The molecule has 1 aromatic rings. The molecule has 1 amide bonds. The number of hydrogen-bond donors (Lipinski definition) is 2. The maximum Gasteiger partial charge on any atom is 0.231 e. The zero-order valence-corrected chi connectivity index (χ0v) is 12.3. The quantitative estimate of drug-likeness (QED) is 0.892. The van der Waals surface area contributed by atoms with Crippen molar-refractivity contribution in [3.05, 3.63) is 34.9 Å². The van der Waals surface area contributed by atoms with Crippen LogP contribution in [-0.4, -0.2) is 36.9 Å². The van der Waals surface area contributed by atoms with Crippen molar-refractivity contribution in [3.8, 4) is 0 Å². The number of benzene rings is 1. The van der Waals surface area contributed by atoms with Crippen LogP contribution < -0.4 is 5.32 Å². The summed E-state index contributed by atoms with van der Waals surface area (Å²) in [7, 11) is 0. The molecular formula is C15H20ClNO3. The molecule has 0 radical (unpaired) electrons. The number of carbonyl (C=O) groups is 1. The zero-order chi connectivity index (χ0) is 14.6. The van der Waals surface area contributed by atoms with E-state index in [1.54, 1.807) is 13.0 Å². The number of nitrogens with one attached hydrogen (secondary N) is 1.